The van der Waals surface area contributed by atoms with Crippen LogP contribution in [-0.4, -0.2) is 23.6 Å². The number of phenolic OH excluding ortho intramolecular Hbond substituents is 1. The highest BCUT2D eigenvalue weighted by atomic mass is 19.1. The van der Waals surface area contributed by atoms with Gasteiger partial charge >= 0.3 is 0 Å². The Morgan fingerprint density at radius 1 is 1.53 bits per heavy atom. The van der Waals surface area contributed by atoms with E-state index in [1.165, 1.54) is 19.4 Å². The molecule has 0 radical (unpaired) electrons. The van der Waals surface area contributed by atoms with Crippen LogP contribution in [0.15, 0.2) is 17.3 Å². The highest BCUT2D eigenvalue weighted by Crippen LogP contribution is 2.31. The molecule has 0 spiro atoms. The van der Waals surface area contributed by atoms with Crippen LogP contribution in [0.25, 0.3) is 0 Å². The molecule has 0 saturated heterocycles. The molecule has 1 unspecified atom stereocenters. The summed E-state index contributed by atoms with van der Waals surface area (Å²) in [6.45, 7) is 1.70. The topological polar surface area (TPSA) is 62.0 Å². The highest BCUT2D eigenvalue weighted by molar-refractivity contribution is 5.68. The van der Waals surface area contributed by atoms with Crippen molar-refractivity contribution < 1.29 is 19.4 Å². The molecule has 0 aliphatic heterocycles. The molecule has 5 heteroatoms. The summed E-state index contributed by atoms with van der Waals surface area (Å²) in [7, 11) is 1.34. The predicted octanol–water partition coefficient (Wildman–Crippen LogP) is 2.10. The van der Waals surface area contributed by atoms with E-state index in [2.05, 4.69) is 5.16 Å². The zero-order chi connectivity index (χ0) is 11.4. The SMILES string of the molecule is COc1cc(C(C)C=NO)c(O)cc1F. The van der Waals surface area contributed by atoms with Crippen LogP contribution in [0.1, 0.15) is 18.4 Å². The molecule has 0 saturated carbocycles. The molecule has 0 amide bonds. The Morgan fingerprint density at radius 2 is 2.20 bits per heavy atom. The third-order valence-corrected chi connectivity index (χ3v) is 2.08. The number of methoxy groups -OCH3 is 1. The fraction of sp³-hybridized carbons (Fsp3) is 0.300. The number of phenols is 1. The van der Waals surface area contributed by atoms with Gasteiger partial charge in [0.25, 0.3) is 0 Å². The smallest absolute Gasteiger partial charge is 0.168 e. The Morgan fingerprint density at radius 3 is 2.73 bits per heavy atom. The average Bonchev–Trinajstić information content (AvgIpc) is 2.18. The summed E-state index contributed by atoms with van der Waals surface area (Å²) in [4.78, 5) is 0. The van der Waals surface area contributed by atoms with Crippen molar-refractivity contribution in [2.24, 2.45) is 5.16 Å². The van der Waals surface area contributed by atoms with E-state index in [4.69, 9.17) is 9.94 Å². The standard InChI is InChI=1S/C10H12FNO3/c1-6(5-12-14)7-3-10(15-2)8(11)4-9(7)13/h3-6,13-14H,1-2H3. The molecule has 0 fully saturated rings. The lowest BCUT2D eigenvalue weighted by Gasteiger charge is -2.10. The molecule has 0 aliphatic carbocycles. The number of aromatic hydroxyl groups is 1. The molecule has 0 heterocycles. The molecule has 0 aromatic heterocycles. The average molecular weight is 213 g/mol. The van der Waals surface area contributed by atoms with Crippen LogP contribution in [0.5, 0.6) is 11.5 Å². The maximum atomic E-state index is 13.1. The van der Waals surface area contributed by atoms with Crippen LogP contribution in [0.2, 0.25) is 0 Å². The van der Waals surface area contributed by atoms with Crippen LogP contribution < -0.4 is 4.74 Å². The second-order valence-corrected chi connectivity index (χ2v) is 3.10. The Kier molecular flexibility index (Phi) is 3.49. The number of nitrogens with zero attached hydrogens (tertiary/aromatic N) is 1. The molecule has 1 aromatic rings. The molecular formula is C10H12FNO3. The van der Waals surface area contributed by atoms with E-state index in [1.807, 2.05) is 0 Å². The summed E-state index contributed by atoms with van der Waals surface area (Å²) in [6, 6.07) is 2.34. The Bertz CT molecular complexity index is 379. The number of oxime groups is 1. The van der Waals surface area contributed by atoms with Crippen molar-refractivity contribution >= 4 is 6.21 Å². The van der Waals surface area contributed by atoms with E-state index in [0.29, 0.717) is 5.56 Å². The second-order valence-electron chi connectivity index (χ2n) is 3.10. The van der Waals surface area contributed by atoms with Gasteiger partial charge in [-0.05, 0) is 6.07 Å². The monoisotopic (exact) mass is 213 g/mol. The molecule has 2 N–H and O–H groups in total. The maximum Gasteiger partial charge on any atom is 0.168 e. The van der Waals surface area contributed by atoms with Crippen LogP contribution in [0.3, 0.4) is 0 Å². The van der Waals surface area contributed by atoms with Gasteiger partial charge in [0.2, 0.25) is 0 Å². The molecule has 1 aromatic carbocycles. The van der Waals surface area contributed by atoms with Crippen molar-refractivity contribution in [3.05, 3.63) is 23.5 Å². The quantitative estimate of drug-likeness (QED) is 0.459. The molecule has 1 rings (SSSR count). The van der Waals surface area contributed by atoms with Crippen molar-refractivity contribution in [1.29, 1.82) is 0 Å². The van der Waals surface area contributed by atoms with Gasteiger partial charge in [-0.3, -0.25) is 0 Å². The summed E-state index contributed by atoms with van der Waals surface area (Å²) < 4.78 is 17.9. The van der Waals surface area contributed by atoms with Crippen LogP contribution in [-0.2, 0) is 0 Å². The van der Waals surface area contributed by atoms with Crippen molar-refractivity contribution in [3.8, 4) is 11.5 Å². The third-order valence-electron chi connectivity index (χ3n) is 2.08. The maximum absolute atomic E-state index is 13.1. The van der Waals surface area contributed by atoms with E-state index in [1.54, 1.807) is 6.92 Å². The zero-order valence-electron chi connectivity index (χ0n) is 8.44. The predicted molar refractivity (Wildman–Crippen MR) is 53.3 cm³/mol. The van der Waals surface area contributed by atoms with Crippen molar-refractivity contribution in [1.82, 2.24) is 0 Å². The van der Waals surface area contributed by atoms with E-state index >= 15 is 0 Å². The van der Waals surface area contributed by atoms with E-state index < -0.39 is 5.82 Å². The molecule has 0 bridgehead atoms. The summed E-state index contributed by atoms with van der Waals surface area (Å²) >= 11 is 0. The van der Waals surface area contributed by atoms with Gasteiger partial charge in [0.05, 0.1) is 13.3 Å². The lowest BCUT2D eigenvalue weighted by molar-refractivity contribution is 0.320. The first kappa shape index (κ1) is 11.3. The van der Waals surface area contributed by atoms with Crippen molar-refractivity contribution in [3.63, 3.8) is 0 Å². The first-order valence-electron chi connectivity index (χ1n) is 4.34. The molecule has 4 nitrogen and oxygen atoms in total. The van der Waals surface area contributed by atoms with Gasteiger partial charge in [0.1, 0.15) is 5.75 Å². The number of benzene rings is 1. The van der Waals surface area contributed by atoms with Gasteiger partial charge in [-0.15, -0.1) is 5.16 Å². The first-order chi connectivity index (χ1) is 7.10. The fourth-order valence-corrected chi connectivity index (χ4v) is 1.26. The van der Waals surface area contributed by atoms with Crippen LogP contribution >= 0.6 is 0 Å². The van der Waals surface area contributed by atoms with Crippen molar-refractivity contribution in [2.45, 2.75) is 12.8 Å². The largest absolute Gasteiger partial charge is 0.508 e. The van der Waals surface area contributed by atoms with Gasteiger partial charge in [0, 0.05) is 17.5 Å². The van der Waals surface area contributed by atoms with Gasteiger partial charge in [-0.25, -0.2) is 4.39 Å². The molecule has 82 valence electrons. The Balaban J connectivity index is 3.17. The molecule has 0 aliphatic rings. The summed E-state index contributed by atoms with van der Waals surface area (Å²) in [5, 5.41) is 20.7. The minimum Gasteiger partial charge on any atom is -0.508 e. The number of halogens is 1. The van der Waals surface area contributed by atoms with Gasteiger partial charge in [-0.2, -0.15) is 0 Å². The van der Waals surface area contributed by atoms with Crippen LogP contribution in [0, 0.1) is 5.82 Å². The normalized spacial score (nSPS) is 13.0. The van der Waals surface area contributed by atoms with E-state index in [-0.39, 0.29) is 17.4 Å². The molecular weight excluding hydrogens is 201 g/mol. The first-order valence-corrected chi connectivity index (χ1v) is 4.34. The lowest BCUT2D eigenvalue weighted by Crippen LogP contribution is -1.98. The number of ether oxygens (including phenoxy) is 1. The minimum atomic E-state index is -0.633. The van der Waals surface area contributed by atoms with Crippen molar-refractivity contribution in [2.75, 3.05) is 7.11 Å². The van der Waals surface area contributed by atoms with E-state index in [9.17, 15) is 9.50 Å². The molecule has 1 atom stereocenters. The van der Waals surface area contributed by atoms with Gasteiger partial charge in [0.15, 0.2) is 11.6 Å². The number of hydrogen-bond acceptors (Lipinski definition) is 4. The van der Waals surface area contributed by atoms with Crippen LogP contribution in [0.4, 0.5) is 4.39 Å². The van der Waals surface area contributed by atoms with Gasteiger partial charge in [-0.1, -0.05) is 6.92 Å². The highest BCUT2D eigenvalue weighted by Gasteiger charge is 2.13. The lowest BCUT2D eigenvalue weighted by atomic mass is 10.0. The Hall–Kier alpha value is -1.78. The Labute approximate surface area is 86.6 Å². The summed E-state index contributed by atoms with van der Waals surface area (Å²) in [5.41, 5.74) is 0.436. The minimum absolute atomic E-state index is 0.0426. The van der Waals surface area contributed by atoms with E-state index in [0.717, 1.165) is 6.07 Å². The summed E-state index contributed by atoms with van der Waals surface area (Å²) in [5.74, 6) is -1.11. The number of rotatable bonds is 3. The summed E-state index contributed by atoms with van der Waals surface area (Å²) in [6.07, 6.45) is 1.23. The molecule has 15 heavy (non-hydrogen) atoms. The zero-order valence-corrected chi connectivity index (χ0v) is 8.44. The fourth-order valence-electron chi connectivity index (χ4n) is 1.26. The number of hydrogen-bond donors (Lipinski definition) is 2. The second kappa shape index (κ2) is 4.63. The third kappa shape index (κ3) is 2.37. The van der Waals surface area contributed by atoms with Gasteiger partial charge < -0.3 is 15.1 Å².